The van der Waals surface area contributed by atoms with Gasteiger partial charge in [-0.15, -0.1) is 0 Å². The van der Waals surface area contributed by atoms with Crippen molar-refractivity contribution in [3.8, 4) is 0 Å². The van der Waals surface area contributed by atoms with Gasteiger partial charge >= 0.3 is 0 Å². The molecule has 0 aromatic heterocycles. The van der Waals surface area contributed by atoms with E-state index in [1.54, 1.807) is 0 Å². The summed E-state index contributed by atoms with van der Waals surface area (Å²) in [7, 11) is 0. The maximum absolute atomic E-state index is 12.8. The van der Waals surface area contributed by atoms with Gasteiger partial charge in [-0.3, -0.25) is 0 Å². The Morgan fingerprint density at radius 2 is 2.00 bits per heavy atom. The number of hydrogen-bond donors (Lipinski definition) is 2. The number of rotatable bonds is 6. The van der Waals surface area contributed by atoms with Gasteiger partial charge in [-0.2, -0.15) is 0 Å². The number of nitrogens with one attached hydrogen (secondary N) is 2. The largest absolute Gasteiger partial charge is 0.320 e. The summed E-state index contributed by atoms with van der Waals surface area (Å²) < 4.78 is 12.4. The van der Waals surface area contributed by atoms with E-state index in [1.807, 2.05) is 45.0 Å². The van der Waals surface area contributed by atoms with Crippen LogP contribution in [-0.4, -0.2) is 4.45 Å². The third kappa shape index (κ3) is 4.78. The highest BCUT2D eigenvalue weighted by Crippen LogP contribution is 2.29. The van der Waals surface area contributed by atoms with Gasteiger partial charge in [0.1, 0.15) is 0 Å². The lowest BCUT2D eigenvalue weighted by Crippen LogP contribution is -2.45. The number of hydrazine groups is 1. The van der Waals surface area contributed by atoms with Crippen LogP contribution in [0.2, 0.25) is 0 Å². The number of benzene rings is 1. The molecule has 0 aliphatic heterocycles. The monoisotopic (exact) mass is 314 g/mol. The molecular weight excluding hydrogens is 295 g/mol. The van der Waals surface area contributed by atoms with Crippen molar-refractivity contribution in [2.75, 3.05) is 5.43 Å². The summed E-state index contributed by atoms with van der Waals surface area (Å²) in [5.74, 6) is -0.238. The fraction of sp³-hybridized carbons (Fsp3) is 0.429. The Morgan fingerprint density at radius 1 is 1.44 bits per heavy atom. The van der Waals surface area contributed by atoms with Gasteiger partial charge in [-0.1, -0.05) is 47.1 Å². The first-order valence-corrected chi connectivity index (χ1v) is 6.72. The summed E-state index contributed by atoms with van der Waals surface area (Å²) >= 11 is 3.57. The summed E-state index contributed by atoms with van der Waals surface area (Å²) in [5, 5.41) is 0. The molecule has 0 aliphatic carbocycles. The number of aryl methyl sites for hydroxylation is 1. The highest BCUT2D eigenvalue weighted by Gasteiger charge is 2.28. The summed E-state index contributed by atoms with van der Waals surface area (Å²) in [6.07, 6.45) is 0.324. The third-order valence-corrected chi connectivity index (χ3v) is 3.94. The van der Waals surface area contributed by atoms with E-state index < -0.39 is 4.45 Å². The zero-order chi connectivity index (χ0) is 13.8. The molecule has 2 unspecified atom stereocenters. The Morgan fingerprint density at radius 3 is 2.50 bits per heavy atom. The fourth-order valence-electron chi connectivity index (χ4n) is 1.48. The minimum Gasteiger partial charge on any atom is -0.320 e. The summed E-state index contributed by atoms with van der Waals surface area (Å²) in [5.41, 5.74) is 8.46. The molecule has 0 radical (unpaired) electrons. The minimum absolute atomic E-state index is 0.0629. The number of halogens is 2. The molecule has 2 nitrogen and oxygen atoms in total. The van der Waals surface area contributed by atoms with Crippen LogP contribution >= 0.6 is 15.9 Å². The highest BCUT2D eigenvalue weighted by molar-refractivity contribution is 9.10. The van der Waals surface area contributed by atoms with Crippen molar-refractivity contribution < 1.29 is 4.39 Å². The number of alkyl halides is 1. The number of hydrogen-bond acceptors (Lipinski definition) is 2. The lowest BCUT2D eigenvalue weighted by atomic mass is 10.00. The lowest BCUT2D eigenvalue weighted by molar-refractivity contribution is 0.366. The Labute approximate surface area is 117 Å². The van der Waals surface area contributed by atoms with E-state index in [2.05, 4.69) is 33.4 Å². The van der Waals surface area contributed by atoms with Gasteiger partial charge in [0.15, 0.2) is 0 Å². The maximum Gasteiger partial charge on any atom is 0.0931 e. The Bertz CT molecular complexity index is 401. The van der Waals surface area contributed by atoms with E-state index in [4.69, 9.17) is 0 Å². The van der Waals surface area contributed by atoms with Gasteiger partial charge in [-0.05, 0) is 31.9 Å². The molecule has 2 atom stereocenters. The topological polar surface area (TPSA) is 24.1 Å². The van der Waals surface area contributed by atoms with E-state index in [0.29, 0.717) is 6.42 Å². The molecule has 2 N–H and O–H groups in total. The molecule has 0 heterocycles. The molecule has 0 fully saturated rings. The smallest absolute Gasteiger partial charge is 0.0931 e. The molecule has 0 saturated carbocycles. The quantitative estimate of drug-likeness (QED) is 0.458. The first-order valence-electron chi connectivity index (χ1n) is 5.93. The van der Waals surface area contributed by atoms with Crippen molar-refractivity contribution in [1.29, 1.82) is 0 Å². The van der Waals surface area contributed by atoms with E-state index in [1.165, 1.54) is 5.56 Å². The van der Waals surface area contributed by atoms with Gasteiger partial charge in [0.05, 0.1) is 10.3 Å². The first kappa shape index (κ1) is 15.2. The molecule has 0 bridgehead atoms. The van der Waals surface area contributed by atoms with E-state index >= 15 is 0 Å². The maximum atomic E-state index is 12.8. The fourth-order valence-corrected chi connectivity index (χ4v) is 1.74. The molecule has 0 aliphatic rings. The number of allylic oxidation sites excluding steroid dienone is 1. The highest BCUT2D eigenvalue weighted by atomic mass is 79.9. The van der Waals surface area contributed by atoms with Crippen LogP contribution in [0.5, 0.6) is 0 Å². The van der Waals surface area contributed by atoms with Crippen LogP contribution in [0.4, 0.5) is 10.1 Å². The van der Waals surface area contributed by atoms with Crippen LogP contribution in [0.3, 0.4) is 0 Å². The summed E-state index contributed by atoms with van der Waals surface area (Å²) in [6, 6.07) is 8.04. The lowest BCUT2D eigenvalue weighted by Gasteiger charge is -2.31. The average Bonchev–Trinajstić information content (AvgIpc) is 2.27. The molecule has 0 saturated heterocycles. The molecule has 18 heavy (non-hydrogen) atoms. The van der Waals surface area contributed by atoms with Gasteiger partial charge in [-0.25, -0.2) is 9.82 Å². The van der Waals surface area contributed by atoms with Crippen molar-refractivity contribution in [3.05, 3.63) is 42.2 Å². The van der Waals surface area contributed by atoms with Gasteiger partial charge in [0, 0.05) is 12.1 Å². The molecule has 1 aromatic carbocycles. The summed E-state index contributed by atoms with van der Waals surface area (Å²) in [4.78, 5) is 0. The van der Waals surface area contributed by atoms with E-state index in [9.17, 15) is 4.39 Å². The molecule has 1 aromatic rings. The normalized spacial score (nSPS) is 15.8. The Kier molecular flexibility index (Phi) is 5.35. The van der Waals surface area contributed by atoms with Crippen LogP contribution in [-0.2, 0) is 0 Å². The van der Waals surface area contributed by atoms with Crippen LogP contribution in [0.15, 0.2) is 36.7 Å². The van der Waals surface area contributed by atoms with Gasteiger partial charge < -0.3 is 5.43 Å². The average molecular weight is 315 g/mol. The van der Waals surface area contributed by atoms with Crippen LogP contribution in [0.1, 0.15) is 25.8 Å². The third-order valence-electron chi connectivity index (χ3n) is 2.96. The van der Waals surface area contributed by atoms with Gasteiger partial charge in [0.2, 0.25) is 0 Å². The Balaban J connectivity index is 2.55. The SMILES string of the molecule is C=C(F)CC(C)C(C)(Br)NNc1ccc(C)cc1. The van der Waals surface area contributed by atoms with Crippen LogP contribution < -0.4 is 10.9 Å². The van der Waals surface area contributed by atoms with Crippen molar-refractivity contribution in [2.45, 2.75) is 31.6 Å². The second kappa shape index (κ2) is 6.34. The van der Waals surface area contributed by atoms with E-state index in [0.717, 1.165) is 5.69 Å². The molecule has 100 valence electrons. The van der Waals surface area contributed by atoms with Crippen LogP contribution in [0.25, 0.3) is 0 Å². The van der Waals surface area contributed by atoms with Gasteiger partial charge in [0.25, 0.3) is 0 Å². The molecule has 0 amide bonds. The first-order chi connectivity index (χ1) is 8.31. The van der Waals surface area contributed by atoms with Crippen LogP contribution in [0, 0.1) is 12.8 Å². The summed E-state index contributed by atoms with van der Waals surface area (Å²) in [6.45, 7) is 9.27. The van der Waals surface area contributed by atoms with Crippen molar-refractivity contribution >= 4 is 21.6 Å². The molecule has 4 heteroatoms. The van der Waals surface area contributed by atoms with Crippen molar-refractivity contribution in [1.82, 2.24) is 5.43 Å². The van der Waals surface area contributed by atoms with E-state index in [-0.39, 0.29) is 11.7 Å². The minimum atomic E-state index is -0.410. The van der Waals surface area contributed by atoms with Crippen molar-refractivity contribution in [2.24, 2.45) is 5.92 Å². The zero-order valence-corrected chi connectivity index (χ0v) is 12.6. The molecular formula is C14H20BrFN2. The second-order valence-corrected chi connectivity index (χ2v) is 6.46. The van der Waals surface area contributed by atoms with Crippen molar-refractivity contribution in [3.63, 3.8) is 0 Å². The zero-order valence-electron chi connectivity index (χ0n) is 11.1. The predicted octanol–water partition coefficient (Wildman–Crippen LogP) is 4.53. The Hall–Kier alpha value is -0.870. The predicted molar refractivity (Wildman–Crippen MR) is 79.3 cm³/mol. The molecule has 0 spiro atoms. The standard InChI is InChI=1S/C14H20BrFN2/c1-10-5-7-13(8-6-10)17-18-14(4,15)11(2)9-12(3)16/h5-8,11,17-18H,3,9H2,1-2,4H3. The second-order valence-electron chi connectivity index (χ2n) is 4.81. The molecule has 1 rings (SSSR count). The number of anilines is 1.